The van der Waals surface area contributed by atoms with Gasteiger partial charge in [-0.25, -0.2) is 4.57 Å². The lowest BCUT2D eigenvalue weighted by molar-refractivity contribution is 0.102. The monoisotopic (exact) mass is 480 g/mol. The average molecular weight is 480 g/mol. The van der Waals surface area contributed by atoms with Gasteiger partial charge in [0.15, 0.2) is 0 Å². The molecule has 172 valence electrons. The van der Waals surface area contributed by atoms with Gasteiger partial charge in [-0.15, -0.1) is 0 Å². The van der Waals surface area contributed by atoms with Crippen molar-refractivity contribution in [2.24, 2.45) is 0 Å². The number of para-hydroxylation sites is 3. The molecular formula is C28H21N2O4P. The molecule has 0 aliphatic carbocycles. The molecule has 0 radical (unpaired) electrons. The fraction of sp³-hybridized carbons (Fsp3) is 0. The number of nitrogens with one attached hydrogen (secondary N) is 1. The van der Waals surface area contributed by atoms with Gasteiger partial charge in [-0.1, -0.05) is 66.7 Å². The van der Waals surface area contributed by atoms with E-state index in [0.717, 1.165) is 5.39 Å². The summed E-state index contributed by atoms with van der Waals surface area (Å²) < 4.78 is 26.2. The van der Waals surface area contributed by atoms with E-state index < -0.39 is 13.5 Å². The molecule has 35 heavy (non-hydrogen) atoms. The standard InChI is InChI=1S/C28H21N2O4P/c31-28(30-25-18-9-11-21-12-10-20-29-27(21)25)24-17-7-8-19-26(24)35(32,33-22-13-3-1-4-14-22)34-23-15-5-2-6-16-23/h1-20H,(H,30,31). The van der Waals surface area contributed by atoms with Crippen molar-refractivity contribution < 1.29 is 18.4 Å². The summed E-state index contributed by atoms with van der Waals surface area (Å²) in [6.07, 6.45) is 1.67. The molecule has 0 aliphatic heterocycles. The summed E-state index contributed by atoms with van der Waals surface area (Å²) >= 11 is 0. The molecule has 0 bridgehead atoms. The van der Waals surface area contributed by atoms with E-state index in [2.05, 4.69) is 10.3 Å². The molecule has 1 heterocycles. The second-order valence-corrected chi connectivity index (χ2v) is 9.50. The van der Waals surface area contributed by atoms with Crippen molar-refractivity contribution >= 4 is 35.4 Å². The number of pyridine rings is 1. The molecule has 0 fully saturated rings. The lowest BCUT2D eigenvalue weighted by atomic mass is 10.1. The number of carbonyl (C=O) groups excluding carboxylic acids is 1. The molecule has 1 aromatic heterocycles. The molecule has 0 saturated heterocycles. The van der Waals surface area contributed by atoms with Crippen molar-refractivity contribution in [1.82, 2.24) is 4.98 Å². The van der Waals surface area contributed by atoms with Gasteiger partial charge in [-0.05, 0) is 48.5 Å². The molecule has 0 spiro atoms. The number of fused-ring (bicyclic) bond motifs is 1. The second kappa shape index (κ2) is 9.84. The highest BCUT2D eigenvalue weighted by Crippen LogP contribution is 2.48. The molecule has 7 heteroatoms. The van der Waals surface area contributed by atoms with Gasteiger partial charge in [0.25, 0.3) is 5.91 Å². The molecule has 4 aromatic carbocycles. The van der Waals surface area contributed by atoms with Gasteiger partial charge in [-0.2, -0.15) is 0 Å². The molecular weight excluding hydrogens is 459 g/mol. The van der Waals surface area contributed by atoms with Gasteiger partial charge in [0.05, 0.1) is 16.8 Å². The fourth-order valence-electron chi connectivity index (χ4n) is 3.66. The Labute approximate surface area is 202 Å². The van der Waals surface area contributed by atoms with E-state index in [1.165, 1.54) is 0 Å². The number of anilines is 1. The first-order chi connectivity index (χ1) is 17.1. The summed E-state index contributed by atoms with van der Waals surface area (Å²) in [5.74, 6) is 0.271. The smallest absolute Gasteiger partial charge is 0.413 e. The summed E-state index contributed by atoms with van der Waals surface area (Å²) in [4.78, 5) is 17.9. The zero-order chi connectivity index (χ0) is 24.1. The highest BCUT2D eigenvalue weighted by Gasteiger charge is 2.35. The average Bonchev–Trinajstić information content (AvgIpc) is 2.90. The number of nitrogens with zero attached hydrogens (tertiary/aromatic N) is 1. The van der Waals surface area contributed by atoms with Gasteiger partial charge in [0, 0.05) is 11.6 Å². The highest BCUT2D eigenvalue weighted by atomic mass is 31.2. The number of amides is 1. The van der Waals surface area contributed by atoms with Crippen molar-refractivity contribution in [2.75, 3.05) is 5.32 Å². The van der Waals surface area contributed by atoms with Crippen LogP contribution in [0.5, 0.6) is 11.5 Å². The van der Waals surface area contributed by atoms with E-state index >= 15 is 0 Å². The van der Waals surface area contributed by atoms with Gasteiger partial charge in [0.1, 0.15) is 16.8 Å². The maximum atomic E-state index is 14.3. The molecule has 6 nitrogen and oxygen atoms in total. The van der Waals surface area contributed by atoms with Crippen LogP contribution in [0.1, 0.15) is 10.4 Å². The maximum Gasteiger partial charge on any atom is 0.463 e. The van der Waals surface area contributed by atoms with Crippen molar-refractivity contribution in [3.63, 3.8) is 0 Å². The first kappa shape index (κ1) is 22.4. The predicted octanol–water partition coefficient (Wildman–Crippen LogP) is 6.46. The van der Waals surface area contributed by atoms with Crippen LogP contribution in [0.25, 0.3) is 10.9 Å². The van der Waals surface area contributed by atoms with Crippen LogP contribution in [-0.4, -0.2) is 10.9 Å². The van der Waals surface area contributed by atoms with E-state index in [9.17, 15) is 9.36 Å². The van der Waals surface area contributed by atoms with E-state index in [0.29, 0.717) is 22.7 Å². The van der Waals surface area contributed by atoms with Gasteiger partial charge >= 0.3 is 7.60 Å². The Morgan fingerprint density at radius 3 is 1.97 bits per heavy atom. The fourth-order valence-corrected chi connectivity index (χ4v) is 5.43. The largest absolute Gasteiger partial charge is 0.463 e. The van der Waals surface area contributed by atoms with Crippen LogP contribution < -0.4 is 19.7 Å². The molecule has 5 aromatic rings. The topological polar surface area (TPSA) is 77.5 Å². The maximum absolute atomic E-state index is 14.3. The van der Waals surface area contributed by atoms with Crippen LogP contribution in [0.4, 0.5) is 5.69 Å². The number of aromatic nitrogens is 1. The first-order valence-electron chi connectivity index (χ1n) is 11.0. The Hall–Kier alpha value is -4.41. The third-order valence-corrected chi connectivity index (χ3v) is 7.14. The zero-order valence-corrected chi connectivity index (χ0v) is 19.5. The minimum absolute atomic E-state index is 0.151. The normalized spacial score (nSPS) is 11.1. The quantitative estimate of drug-likeness (QED) is 0.270. The summed E-state index contributed by atoms with van der Waals surface area (Å²) in [6, 6.07) is 33.4. The summed E-state index contributed by atoms with van der Waals surface area (Å²) in [5, 5.41) is 3.95. The Morgan fingerprint density at radius 2 is 1.29 bits per heavy atom. The summed E-state index contributed by atoms with van der Waals surface area (Å²) in [5.41, 5.74) is 1.38. The van der Waals surface area contributed by atoms with Crippen LogP contribution in [0.15, 0.2) is 121 Å². The van der Waals surface area contributed by atoms with Crippen LogP contribution in [0, 0.1) is 0 Å². The first-order valence-corrected chi connectivity index (χ1v) is 12.5. The van der Waals surface area contributed by atoms with E-state index in [-0.39, 0.29) is 10.9 Å². The minimum Gasteiger partial charge on any atom is -0.413 e. The van der Waals surface area contributed by atoms with Crippen LogP contribution in [0.3, 0.4) is 0 Å². The van der Waals surface area contributed by atoms with Crippen molar-refractivity contribution in [2.45, 2.75) is 0 Å². The van der Waals surface area contributed by atoms with Crippen LogP contribution in [-0.2, 0) is 4.57 Å². The highest BCUT2D eigenvalue weighted by molar-refractivity contribution is 7.63. The molecule has 5 rings (SSSR count). The van der Waals surface area contributed by atoms with Gasteiger partial charge in [-0.3, -0.25) is 9.78 Å². The SMILES string of the molecule is O=C(Nc1cccc2cccnc12)c1ccccc1P(=O)(Oc1ccccc1)Oc1ccccc1. The van der Waals surface area contributed by atoms with Crippen molar-refractivity contribution in [1.29, 1.82) is 0 Å². The number of hydrogen-bond acceptors (Lipinski definition) is 5. The lowest BCUT2D eigenvalue weighted by Crippen LogP contribution is -2.25. The third-order valence-electron chi connectivity index (χ3n) is 5.26. The van der Waals surface area contributed by atoms with Crippen LogP contribution >= 0.6 is 7.60 Å². The van der Waals surface area contributed by atoms with E-state index in [4.69, 9.17) is 9.05 Å². The number of hydrogen-bond donors (Lipinski definition) is 1. The lowest BCUT2D eigenvalue weighted by Gasteiger charge is -2.22. The number of carbonyl (C=O) groups is 1. The molecule has 1 amide bonds. The molecule has 0 aliphatic rings. The summed E-state index contributed by atoms with van der Waals surface area (Å²) in [7, 11) is -4.04. The van der Waals surface area contributed by atoms with Crippen molar-refractivity contribution in [3.05, 3.63) is 127 Å². The number of benzene rings is 4. The van der Waals surface area contributed by atoms with Gasteiger partial charge < -0.3 is 14.4 Å². The Bertz CT molecular complexity index is 1470. The van der Waals surface area contributed by atoms with Crippen LogP contribution in [0.2, 0.25) is 0 Å². The second-order valence-electron chi connectivity index (χ2n) is 7.66. The Morgan fingerprint density at radius 1 is 0.686 bits per heavy atom. The van der Waals surface area contributed by atoms with E-state index in [1.54, 1.807) is 85.1 Å². The Balaban J connectivity index is 1.55. The molecule has 0 atom stereocenters. The summed E-state index contributed by atoms with van der Waals surface area (Å²) in [6.45, 7) is 0. The zero-order valence-electron chi connectivity index (χ0n) is 18.6. The molecule has 0 unspecified atom stereocenters. The van der Waals surface area contributed by atoms with E-state index in [1.807, 2.05) is 36.4 Å². The van der Waals surface area contributed by atoms with Gasteiger partial charge in [0.2, 0.25) is 0 Å². The third kappa shape index (κ3) is 4.93. The Kier molecular flexibility index (Phi) is 6.29. The van der Waals surface area contributed by atoms with Crippen molar-refractivity contribution in [3.8, 4) is 11.5 Å². The molecule has 0 saturated carbocycles. The predicted molar refractivity (Wildman–Crippen MR) is 138 cm³/mol. The molecule has 1 N–H and O–H groups in total. The number of rotatable bonds is 7. The minimum atomic E-state index is -4.04.